The molecule has 0 amide bonds. The maximum Gasteiger partial charge on any atom is 0.174 e. The van der Waals surface area contributed by atoms with Crippen LogP contribution >= 0.6 is 0 Å². The summed E-state index contributed by atoms with van der Waals surface area (Å²) in [7, 11) is 0. The molecule has 2 heterocycles. The van der Waals surface area contributed by atoms with Crippen LogP contribution in [0.4, 0.5) is 5.69 Å². The molecule has 0 saturated carbocycles. The predicted octanol–water partition coefficient (Wildman–Crippen LogP) is 2.89. The van der Waals surface area contributed by atoms with Gasteiger partial charge in [-0.1, -0.05) is 30.3 Å². The number of hydrogen-bond acceptors (Lipinski definition) is 5. The number of benzene rings is 1. The van der Waals surface area contributed by atoms with Crippen molar-refractivity contribution in [3.05, 3.63) is 78.1 Å². The zero-order valence-electron chi connectivity index (χ0n) is 12.4. The molecule has 0 radical (unpaired) electrons. The number of aromatic amines is 1. The molecule has 0 aliphatic heterocycles. The minimum Gasteiger partial charge on any atom is -0.377 e. The summed E-state index contributed by atoms with van der Waals surface area (Å²) in [5.74, 6) is 1.27. The summed E-state index contributed by atoms with van der Waals surface area (Å²) in [6.45, 7) is 0.530. The molecule has 0 aliphatic rings. The SMILES string of the molecule is N=C(/C=C\c1n[nH]c(CNc2cccnc2)n1)c1ccccc1. The molecule has 0 saturated heterocycles. The van der Waals surface area contributed by atoms with Gasteiger partial charge in [-0.3, -0.25) is 10.1 Å². The van der Waals surface area contributed by atoms with E-state index in [1.807, 2.05) is 42.5 Å². The molecule has 6 nitrogen and oxygen atoms in total. The Morgan fingerprint density at radius 1 is 1.17 bits per heavy atom. The fourth-order valence-electron chi connectivity index (χ4n) is 1.99. The highest BCUT2D eigenvalue weighted by molar-refractivity contribution is 6.08. The van der Waals surface area contributed by atoms with Gasteiger partial charge in [0, 0.05) is 12.4 Å². The first-order valence-corrected chi connectivity index (χ1v) is 7.18. The molecule has 2 aromatic heterocycles. The zero-order valence-corrected chi connectivity index (χ0v) is 12.4. The van der Waals surface area contributed by atoms with Gasteiger partial charge in [0.25, 0.3) is 0 Å². The number of nitrogens with zero attached hydrogens (tertiary/aromatic N) is 3. The minimum atomic E-state index is 0.422. The van der Waals surface area contributed by atoms with Crippen LogP contribution in [0.1, 0.15) is 17.2 Å². The largest absolute Gasteiger partial charge is 0.377 e. The van der Waals surface area contributed by atoms with Gasteiger partial charge in [-0.2, -0.15) is 5.10 Å². The van der Waals surface area contributed by atoms with Crippen molar-refractivity contribution in [1.82, 2.24) is 20.2 Å². The molecule has 0 unspecified atom stereocenters. The molecule has 114 valence electrons. The van der Waals surface area contributed by atoms with E-state index >= 15 is 0 Å². The van der Waals surface area contributed by atoms with E-state index in [0.29, 0.717) is 18.1 Å². The predicted molar refractivity (Wildman–Crippen MR) is 90.3 cm³/mol. The first-order valence-electron chi connectivity index (χ1n) is 7.18. The Kier molecular flexibility index (Phi) is 4.54. The molecular weight excluding hydrogens is 288 g/mol. The average molecular weight is 304 g/mol. The van der Waals surface area contributed by atoms with E-state index in [2.05, 4.69) is 25.5 Å². The lowest BCUT2D eigenvalue weighted by Crippen LogP contribution is -2.01. The van der Waals surface area contributed by atoms with Crippen LogP contribution in [0.25, 0.3) is 6.08 Å². The lowest BCUT2D eigenvalue weighted by atomic mass is 10.1. The second-order valence-corrected chi connectivity index (χ2v) is 4.85. The zero-order chi connectivity index (χ0) is 15.9. The summed E-state index contributed by atoms with van der Waals surface area (Å²) in [6, 6.07) is 13.3. The van der Waals surface area contributed by atoms with E-state index in [0.717, 1.165) is 17.1 Å². The molecule has 0 fully saturated rings. The lowest BCUT2D eigenvalue weighted by molar-refractivity contribution is 0.953. The number of nitrogens with one attached hydrogen (secondary N) is 3. The number of rotatable bonds is 6. The number of allylic oxidation sites excluding steroid dienone is 1. The van der Waals surface area contributed by atoms with Crippen molar-refractivity contribution in [2.75, 3.05) is 5.32 Å². The lowest BCUT2D eigenvalue weighted by Gasteiger charge is -2.01. The molecule has 0 atom stereocenters. The van der Waals surface area contributed by atoms with Crippen LogP contribution in [0.15, 0.2) is 60.9 Å². The topological polar surface area (TPSA) is 90.3 Å². The van der Waals surface area contributed by atoms with Crippen LogP contribution in [-0.4, -0.2) is 25.9 Å². The van der Waals surface area contributed by atoms with Gasteiger partial charge in [0.1, 0.15) is 5.82 Å². The summed E-state index contributed by atoms with van der Waals surface area (Å²) in [6.07, 6.45) is 6.89. The molecule has 3 N–H and O–H groups in total. The maximum atomic E-state index is 8.01. The molecular formula is C17H16N6. The van der Waals surface area contributed by atoms with E-state index in [1.54, 1.807) is 24.5 Å². The van der Waals surface area contributed by atoms with Gasteiger partial charge in [-0.05, 0) is 29.8 Å². The molecule has 3 rings (SSSR count). The van der Waals surface area contributed by atoms with Gasteiger partial charge >= 0.3 is 0 Å². The molecule has 23 heavy (non-hydrogen) atoms. The van der Waals surface area contributed by atoms with Crippen molar-refractivity contribution in [2.24, 2.45) is 0 Å². The summed E-state index contributed by atoms with van der Waals surface area (Å²) < 4.78 is 0. The number of pyridine rings is 1. The van der Waals surface area contributed by atoms with Crippen LogP contribution in [-0.2, 0) is 6.54 Å². The second kappa shape index (κ2) is 7.13. The fourth-order valence-corrected chi connectivity index (χ4v) is 1.99. The fraction of sp³-hybridized carbons (Fsp3) is 0.0588. The van der Waals surface area contributed by atoms with Crippen molar-refractivity contribution < 1.29 is 0 Å². The monoisotopic (exact) mass is 304 g/mol. The highest BCUT2D eigenvalue weighted by Crippen LogP contribution is 2.06. The quantitative estimate of drug-likeness (QED) is 0.611. The molecule has 0 aliphatic carbocycles. The number of H-pyrrole nitrogens is 1. The third kappa shape index (κ3) is 4.10. The van der Waals surface area contributed by atoms with E-state index in [1.165, 1.54) is 0 Å². The number of anilines is 1. The Hall–Kier alpha value is -3.28. The first kappa shape index (κ1) is 14.6. The minimum absolute atomic E-state index is 0.422. The van der Waals surface area contributed by atoms with Crippen molar-refractivity contribution in [3.63, 3.8) is 0 Å². The van der Waals surface area contributed by atoms with E-state index in [9.17, 15) is 0 Å². The summed E-state index contributed by atoms with van der Waals surface area (Å²) in [5.41, 5.74) is 2.20. The van der Waals surface area contributed by atoms with Gasteiger partial charge in [0.2, 0.25) is 0 Å². The second-order valence-electron chi connectivity index (χ2n) is 4.85. The van der Waals surface area contributed by atoms with E-state index in [-0.39, 0.29) is 0 Å². The van der Waals surface area contributed by atoms with Crippen LogP contribution in [0.2, 0.25) is 0 Å². The van der Waals surface area contributed by atoms with Crippen molar-refractivity contribution in [1.29, 1.82) is 5.41 Å². The van der Waals surface area contributed by atoms with Gasteiger partial charge in [-0.15, -0.1) is 0 Å². The van der Waals surface area contributed by atoms with Crippen LogP contribution in [0.5, 0.6) is 0 Å². The third-order valence-electron chi connectivity index (χ3n) is 3.15. The Balaban J connectivity index is 1.59. The van der Waals surface area contributed by atoms with Crippen molar-refractivity contribution in [2.45, 2.75) is 6.54 Å². The molecule has 3 aromatic rings. The number of aromatic nitrogens is 4. The summed E-state index contributed by atoms with van der Waals surface area (Å²) >= 11 is 0. The van der Waals surface area contributed by atoms with Crippen LogP contribution in [0.3, 0.4) is 0 Å². The Labute approximate surface area is 133 Å². The number of hydrogen-bond donors (Lipinski definition) is 3. The van der Waals surface area contributed by atoms with E-state index < -0.39 is 0 Å². The van der Waals surface area contributed by atoms with Crippen LogP contribution in [0, 0.1) is 5.41 Å². The van der Waals surface area contributed by atoms with Crippen molar-refractivity contribution >= 4 is 17.5 Å². The average Bonchev–Trinajstić information content (AvgIpc) is 3.07. The van der Waals surface area contributed by atoms with Gasteiger partial charge in [0.15, 0.2) is 5.82 Å². The molecule has 0 bridgehead atoms. The standard InChI is InChI=1S/C17H16N6/c18-15(13-5-2-1-3-6-13)8-9-16-21-17(23-22-16)12-20-14-7-4-10-19-11-14/h1-11,18,20H,12H2,(H,21,22,23)/b9-8-,18-15?. The molecule has 6 heteroatoms. The van der Waals surface area contributed by atoms with Gasteiger partial charge < -0.3 is 10.7 Å². The highest BCUT2D eigenvalue weighted by atomic mass is 15.2. The Bertz CT molecular complexity index is 792. The Morgan fingerprint density at radius 2 is 2.04 bits per heavy atom. The van der Waals surface area contributed by atoms with Gasteiger partial charge in [-0.25, -0.2) is 4.98 Å². The summed E-state index contributed by atoms with van der Waals surface area (Å²) in [5, 5.41) is 18.2. The summed E-state index contributed by atoms with van der Waals surface area (Å²) in [4.78, 5) is 8.39. The Morgan fingerprint density at radius 3 is 2.83 bits per heavy atom. The normalized spacial score (nSPS) is 10.8. The highest BCUT2D eigenvalue weighted by Gasteiger charge is 2.01. The molecule has 0 spiro atoms. The van der Waals surface area contributed by atoms with E-state index in [4.69, 9.17) is 5.41 Å². The van der Waals surface area contributed by atoms with Crippen LogP contribution < -0.4 is 5.32 Å². The smallest absolute Gasteiger partial charge is 0.174 e. The first-order chi connectivity index (χ1) is 11.3. The van der Waals surface area contributed by atoms with Crippen molar-refractivity contribution in [3.8, 4) is 0 Å². The molecule has 1 aromatic carbocycles. The third-order valence-corrected chi connectivity index (χ3v) is 3.15. The van der Waals surface area contributed by atoms with Gasteiger partial charge in [0.05, 0.1) is 17.9 Å². The maximum absolute atomic E-state index is 8.01.